The Bertz CT molecular complexity index is 489. The number of aliphatic carboxylic acids is 1. The minimum atomic E-state index is -0.930. The molecule has 2 unspecified atom stereocenters. The van der Waals surface area contributed by atoms with Gasteiger partial charge in [0.15, 0.2) is 0 Å². The lowest BCUT2D eigenvalue weighted by molar-refractivity contribution is -0.141. The van der Waals surface area contributed by atoms with Crippen LogP contribution >= 0.6 is 15.9 Å². The molecule has 1 aromatic rings. The van der Waals surface area contributed by atoms with Crippen molar-refractivity contribution in [2.24, 2.45) is 0 Å². The molecule has 0 radical (unpaired) electrons. The highest BCUT2D eigenvalue weighted by atomic mass is 79.9. The standard InChI is InChI=1S/C13H15BrN2O3/c1-8-11(13(18)19)15-6-7-16(8)12(17)9-2-4-10(14)5-3-9/h2-5,8,11,15H,6-7H2,1H3,(H,18,19). The number of carbonyl (C=O) groups is 2. The Morgan fingerprint density at radius 1 is 1.37 bits per heavy atom. The zero-order chi connectivity index (χ0) is 14.0. The van der Waals surface area contributed by atoms with Gasteiger partial charge in [0.05, 0.1) is 6.04 Å². The summed E-state index contributed by atoms with van der Waals surface area (Å²) >= 11 is 3.32. The average Bonchev–Trinajstić information content (AvgIpc) is 2.38. The van der Waals surface area contributed by atoms with Gasteiger partial charge in [0.25, 0.3) is 5.91 Å². The molecular weight excluding hydrogens is 312 g/mol. The summed E-state index contributed by atoms with van der Waals surface area (Å²) in [5.74, 6) is -1.06. The Morgan fingerprint density at radius 2 is 2.00 bits per heavy atom. The number of nitrogens with one attached hydrogen (secondary N) is 1. The minimum Gasteiger partial charge on any atom is -0.480 e. The van der Waals surface area contributed by atoms with Crippen molar-refractivity contribution in [2.75, 3.05) is 13.1 Å². The van der Waals surface area contributed by atoms with E-state index in [0.29, 0.717) is 18.7 Å². The van der Waals surface area contributed by atoms with Crippen LogP contribution in [0, 0.1) is 0 Å². The monoisotopic (exact) mass is 326 g/mol. The second kappa shape index (κ2) is 5.71. The van der Waals surface area contributed by atoms with E-state index < -0.39 is 12.0 Å². The van der Waals surface area contributed by atoms with Gasteiger partial charge in [-0.3, -0.25) is 9.59 Å². The fraction of sp³-hybridized carbons (Fsp3) is 0.385. The number of carboxylic acids is 1. The highest BCUT2D eigenvalue weighted by Crippen LogP contribution is 2.16. The van der Waals surface area contributed by atoms with E-state index in [4.69, 9.17) is 5.11 Å². The van der Waals surface area contributed by atoms with Crippen molar-refractivity contribution < 1.29 is 14.7 Å². The molecular formula is C13H15BrN2O3. The molecule has 1 amide bonds. The van der Waals surface area contributed by atoms with Crippen molar-refractivity contribution in [2.45, 2.75) is 19.0 Å². The van der Waals surface area contributed by atoms with E-state index in [1.807, 2.05) is 0 Å². The molecule has 1 heterocycles. The largest absolute Gasteiger partial charge is 0.480 e. The molecule has 0 aliphatic carbocycles. The van der Waals surface area contributed by atoms with E-state index in [2.05, 4.69) is 21.2 Å². The summed E-state index contributed by atoms with van der Waals surface area (Å²) in [4.78, 5) is 25.1. The van der Waals surface area contributed by atoms with Crippen LogP contribution in [0.4, 0.5) is 0 Å². The Balaban J connectivity index is 2.18. The summed E-state index contributed by atoms with van der Waals surface area (Å²) < 4.78 is 0.904. The molecule has 2 N–H and O–H groups in total. The topological polar surface area (TPSA) is 69.6 Å². The van der Waals surface area contributed by atoms with Crippen LogP contribution in [-0.4, -0.2) is 47.1 Å². The number of hydrogen-bond donors (Lipinski definition) is 2. The lowest BCUT2D eigenvalue weighted by Gasteiger charge is -2.38. The molecule has 1 aliphatic rings. The van der Waals surface area contributed by atoms with Crippen LogP contribution in [0.3, 0.4) is 0 Å². The van der Waals surface area contributed by atoms with Gasteiger partial charge in [-0.15, -0.1) is 0 Å². The van der Waals surface area contributed by atoms with Crippen molar-refractivity contribution in [3.63, 3.8) is 0 Å². The van der Waals surface area contributed by atoms with Gasteiger partial charge in [0, 0.05) is 23.1 Å². The highest BCUT2D eigenvalue weighted by molar-refractivity contribution is 9.10. The Morgan fingerprint density at radius 3 is 2.58 bits per heavy atom. The molecule has 1 aromatic carbocycles. The van der Waals surface area contributed by atoms with Crippen molar-refractivity contribution >= 4 is 27.8 Å². The molecule has 102 valence electrons. The maximum atomic E-state index is 12.4. The Hall–Kier alpha value is -1.40. The van der Waals surface area contributed by atoms with Gasteiger partial charge < -0.3 is 15.3 Å². The summed E-state index contributed by atoms with van der Waals surface area (Å²) in [6.07, 6.45) is 0. The number of carbonyl (C=O) groups excluding carboxylic acids is 1. The fourth-order valence-electron chi connectivity index (χ4n) is 2.23. The average molecular weight is 327 g/mol. The van der Waals surface area contributed by atoms with Gasteiger partial charge in [-0.2, -0.15) is 0 Å². The molecule has 1 fully saturated rings. The zero-order valence-corrected chi connectivity index (χ0v) is 12.1. The minimum absolute atomic E-state index is 0.132. The summed E-state index contributed by atoms with van der Waals surface area (Å²) in [5.41, 5.74) is 0.570. The molecule has 6 heteroatoms. The van der Waals surface area contributed by atoms with Crippen molar-refractivity contribution in [3.05, 3.63) is 34.3 Å². The van der Waals surface area contributed by atoms with Crippen LogP contribution in [0.2, 0.25) is 0 Å². The molecule has 1 aliphatic heterocycles. The summed E-state index contributed by atoms with van der Waals surface area (Å²) in [7, 11) is 0. The number of nitrogens with zero attached hydrogens (tertiary/aromatic N) is 1. The van der Waals surface area contributed by atoms with Gasteiger partial charge in [-0.1, -0.05) is 15.9 Å². The number of carboxylic acid groups (broad SMARTS) is 1. The first-order valence-electron chi connectivity index (χ1n) is 6.03. The number of halogens is 1. The Labute approximate surface area is 119 Å². The molecule has 2 atom stereocenters. The maximum Gasteiger partial charge on any atom is 0.322 e. The second-order valence-corrected chi connectivity index (χ2v) is 5.43. The van der Waals surface area contributed by atoms with Crippen LogP contribution in [0.5, 0.6) is 0 Å². The fourth-order valence-corrected chi connectivity index (χ4v) is 2.50. The van der Waals surface area contributed by atoms with Crippen LogP contribution in [0.15, 0.2) is 28.7 Å². The summed E-state index contributed by atoms with van der Waals surface area (Å²) in [6, 6.07) is 5.98. The molecule has 2 rings (SSSR count). The first kappa shape index (κ1) is 14.0. The lowest BCUT2D eigenvalue weighted by atomic mass is 10.0. The number of benzene rings is 1. The number of rotatable bonds is 2. The second-order valence-electron chi connectivity index (χ2n) is 4.52. The number of amides is 1. The van der Waals surface area contributed by atoms with Crippen LogP contribution < -0.4 is 5.32 Å². The molecule has 0 aromatic heterocycles. The van der Waals surface area contributed by atoms with E-state index in [0.717, 1.165) is 4.47 Å². The Kier molecular flexibility index (Phi) is 4.21. The van der Waals surface area contributed by atoms with Gasteiger partial charge >= 0.3 is 5.97 Å². The van der Waals surface area contributed by atoms with Gasteiger partial charge in [-0.05, 0) is 31.2 Å². The number of piperazine rings is 1. The molecule has 0 saturated carbocycles. The van der Waals surface area contributed by atoms with Gasteiger partial charge in [0.1, 0.15) is 6.04 Å². The first-order valence-corrected chi connectivity index (χ1v) is 6.82. The SMILES string of the molecule is CC1C(C(=O)O)NCCN1C(=O)c1ccc(Br)cc1. The predicted molar refractivity (Wildman–Crippen MR) is 74.1 cm³/mol. The summed E-state index contributed by atoms with van der Waals surface area (Å²) in [5, 5.41) is 12.0. The molecule has 19 heavy (non-hydrogen) atoms. The molecule has 5 nitrogen and oxygen atoms in total. The quantitative estimate of drug-likeness (QED) is 0.860. The smallest absolute Gasteiger partial charge is 0.322 e. The number of hydrogen-bond acceptors (Lipinski definition) is 3. The maximum absolute atomic E-state index is 12.4. The van der Waals surface area contributed by atoms with Gasteiger partial charge in [0.2, 0.25) is 0 Å². The molecule has 1 saturated heterocycles. The highest BCUT2D eigenvalue weighted by Gasteiger charge is 2.35. The normalized spacial score (nSPS) is 23.2. The molecule has 0 bridgehead atoms. The van der Waals surface area contributed by atoms with E-state index in [9.17, 15) is 9.59 Å². The third-order valence-electron chi connectivity index (χ3n) is 3.31. The lowest BCUT2D eigenvalue weighted by Crippen LogP contribution is -2.61. The van der Waals surface area contributed by atoms with Crippen molar-refractivity contribution in [3.8, 4) is 0 Å². The van der Waals surface area contributed by atoms with E-state index in [1.54, 1.807) is 36.1 Å². The van der Waals surface area contributed by atoms with E-state index in [-0.39, 0.29) is 11.9 Å². The van der Waals surface area contributed by atoms with Crippen molar-refractivity contribution in [1.29, 1.82) is 0 Å². The third kappa shape index (κ3) is 2.96. The van der Waals surface area contributed by atoms with Crippen LogP contribution in [0.1, 0.15) is 17.3 Å². The summed E-state index contributed by atoms with van der Waals surface area (Å²) in [6.45, 7) is 2.76. The van der Waals surface area contributed by atoms with Crippen LogP contribution in [-0.2, 0) is 4.79 Å². The first-order chi connectivity index (χ1) is 9.00. The van der Waals surface area contributed by atoms with Crippen LogP contribution in [0.25, 0.3) is 0 Å². The van der Waals surface area contributed by atoms with Crippen molar-refractivity contribution in [1.82, 2.24) is 10.2 Å². The predicted octanol–water partition coefficient (Wildman–Crippen LogP) is 1.34. The van der Waals surface area contributed by atoms with Gasteiger partial charge in [-0.25, -0.2) is 0 Å². The third-order valence-corrected chi connectivity index (χ3v) is 3.84. The van der Waals surface area contributed by atoms with E-state index in [1.165, 1.54) is 0 Å². The zero-order valence-electron chi connectivity index (χ0n) is 10.5. The molecule has 0 spiro atoms. The van der Waals surface area contributed by atoms with E-state index >= 15 is 0 Å².